The zero-order valence-corrected chi connectivity index (χ0v) is 15.9. The molecule has 0 radical (unpaired) electrons. The van der Waals surface area contributed by atoms with Crippen molar-refractivity contribution >= 4 is 17.3 Å². The van der Waals surface area contributed by atoms with Crippen molar-refractivity contribution in [1.29, 1.82) is 0 Å². The van der Waals surface area contributed by atoms with E-state index in [2.05, 4.69) is 46.0 Å². The minimum Gasteiger partial charge on any atom is -0.377 e. The number of nitrogens with one attached hydrogen (secondary N) is 2. The lowest BCUT2D eigenvalue weighted by Gasteiger charge is -2.25. The number of methoxy groups -OCH3 is 1. The van der Waals surface area contributed by atoms with Gasteiger partial charge in [-0.15, -0.1) is 11.3 Å². The first-order valence-electron chi connectivity index (χ1n) is 8.69. The van der Waals surface area contributed by atoms with Crippen molar-refractivity contribution in [3.8, 4) is 0 Å². The van der Waals surface area contributed by atoms with Crippen molar-refractivity contribution in [2.45, 2.75) is 52.4 Å². The van der Waals surface area contributed by atoms with Crippen molar-refractivity contribution in [2.75, 3.05) is 13.7 Å². The molecule has 0 aromatic carbocycles. The molecule has 1 atom stereocenters. The first-order chi connectivity index (χ1) is 12.2. The smallest absolute Gasteiger partial charge is 0.191 e. The SMILES string of the molecule is CCNC(=NCc1sccc1C)NC1CCc2nc(COC)nn2C1. The summed E-state index contributed by atoms with van der Waals surface area (Å²) in [6.45, 7) is 7.03. The Kier molecular flexibility index (Phi) is 6.04. The van der Waals surface area contributed by atoms with Crippen molar-refractivity contribution in [2.24, 2.45) is 4.99 Å². The number of aliphatic imine (C=N–C) groups is 1. The Morgan fingerprint density at radius 2 is 2.40 bits per heavy atom. The highest BCUT2D eigenvalue weighted by Gasteiger charge is 2.22. The molecule has 0 spiro atoms. The molecule has 0 fully saturated rings. The lowest BCUT2D eigenvalue weighted by atomic mass is 10.1. The molecule has 3 rings (SSSR count). The summed E-state index contributed by atoms with van der Waals surface area (Å²) in [7, 11) is 1.67. The summed E-state index contributed by atoms with van der Waals surface area (Å²) >= 11 is 1.76. The molecule has 0 amide bonds. The van der Waals surface area contributed by atoms with Crippen LogP contribution in [-0.4, -0.2) is 40.4 Å². The van der Waals surface area contributed by atoms with E-state index in [4.69, 9.17) is 9.73 Å². The van der Waals surface area contributed by atoms with Crippen LogP contribution in [0.1, 0.15) is 35.4 Å². The van der Waals surface area contributed by atoms with E-state index in [1.807, 2.05) is 4.68 Å². The van der Waals surface area contributed by atoms with Gasteiger partial charge in [-0.3, -0.25) is 0 Å². The number of aromatic nitrogens is 3. The van der Waals surface area contributed by atoms with Gasteiger partial charge in [-0.2, -0.15) is 5.10 Å². The second-order valence-electron chi connectivity index (χ2n) is 6.16. The fraction of sp³-hybridized carbons (Fsp3) is 0.588. The fourth-order valence-electron chi connectivity index (χ4n) is 2.90. The standard InChI is InChI=1S/C17H26N6OS/c1-4-18-17(19-9-14-12(2)7-8-25-14)20-13-5-6-16-21-15(11-24-3)22-23(16)10-13/h7-8,13H,4-6,9-11H2,1-3H3,(H2,18,19,20). The number of hydrogen-bond acceptors (Lipinski definition) is 5. The molecule has 1 aliphatic rings. The third-order valence-electron chi connectivity index (χ3n) is 4.21. The van der Waals surface area contributed by atoms with Gasteiger partial charge in [0.15, 0.2) is 11.8 Å². The highest BCUT2D eigenvalue weighted by molar-refractivity contribution is 7.10. The summed E-state index contributed by atoms with van der Waals surface area (Å²) in [5.41, 5.74) is 1.31. The second kappa shape index (κ2) is 8.44. The van der Waals surface area contributed by atoms with Gasteiger partial charge in [0.1, 0.15) is 12.4 Å². The Balaban J connectivity index is 1.63. The molecule has 25 heavy (non-hydrogen) atoms. The Labute approximate surface area is 152 Å². The predicted octanol–water partition coefficient (Wildman–Crippen LogP) is 1.86. The topological polar surface area (TPSA) is 76.4 Å². The molecular weight excluding hydrogens is 336 g/mol. The van der Waals surface area contributed by atoms with Crippen molar-refractivity contribution < 1.29 is 4.74 Å². The molecule has 0 saturated carbocycles. The molecule has 0 saturated heterocycles. The molecule has 2 aromatic heterocycles. The van der Waals surface area contributed by atoms with Crippen LogP contribution in [0.5, 0.6) is 0 Å². The van der Waals surface area contributed by atoms with Gasteiger partial charge >= 0.3 is 0 Å². The third kappa shape index (κ3) is 4.58. The molecule has 2 N–H and O–H groups in total. The molecule has 0 aliphatic carbocycles. The van der Waals surface area contributed by atoms with E-state index in [1.54, 1.807) is 18.4 Å². The summed E-state index contributed by atoms with van der Waals surface area (Å²) in [5.74, 6) is 2.66. The van der Waals surface area contributed by atoms with Crippen LogP contribution in [0.25, 0.3) is 0 Å². The van der Waals surface area contributed by atoms with E-state index in [0.717, 1.165) is 43.5 Å². The average molecular weight is 363 g/mol. The zero-order valence-electron chi connectivity index (χ0n) is 15.1. The molecule has 136 valence electrons. The van der Waals surface area contributed by atoms with E-state index in [0.29, 0.717) is 19.2 Å². The molecule has 3 heterocycles. The molecule has 2 aromatic rings. The predicted molar refractivity (Wildman–Crippen MR) is 99.9 cm³/mol. The molecule has 1 aliphatic heterocycles. The van der Waals surface area contributed by atoms with E-state index < -0.39 is 0 Å². The maximum Gasteiger partial charge on any atom is 0.191 e. The summed E-state index contributed by atoms with van der Waals surface area (Å²) < 4.78 is 7.11. The monoisotopic (exact) mass is 362 g/mol. The zero-order chi connectivity index (χ0) is 17.6. The third-order valence-corrected chi connectivity index (χ3v) is 5.22. The number of nitrogens with zero attached hydrogens (tertiary/aromatic N) is 4. The van der Waals surface area contributed by atoms with E-state index in [9.17, 15) is 0 Å². The van der Waals surface area contributed by atoms with Crippen LogP contribution < -0.4 is 10.6 Å². The van der Waals surface area contributed by atoms with E-state index >= 15 is 0 Å². The number of hydrogen-bond donors (Lipinski definition) is 2. The first-order valence-corrected chi connectivity index (χ1v) is 9.57. The quantitative estimate of drug-likeness (QED) is 0.606. The largest absolute Gasteiger partial charge is 0.377 e. The van der Waals surface area contributed by atoms with Crippen molar-refractivity contribution in [3.63, 3.8) is 0 Å². The fourth-order valence-corrected chi connectivity index (χ4v) is 3.73. The van der Waals surface area contributed by atoms with Gasteiger partial charge < -0.3 is 15.4 Å². The van der Waals surface area contributed by atoms with Gasteiger partial charge in [0.2, 0.25) is 0 Å². The Morgan fingerprint density at radius 1 is 1.52 bits per heavy atom. The summed E-state index contributed by atoms with van der Waals surface area (Å²) in [4.78, 5) is 10.6. The van der Waals surface area contributed by atoms with Crippen LogP contribution in [0.4, 0.5) is 0 Å². The molecule has 7 nitrogen and oxygen atoms in total. The maximum atomic E-state index is 5.12. The van der Waals surface area contributed by atoms with Gasteiger partial charge in [-0.25, -0.2) is 14.7 Å². The number of thiophene rings is 1. The Hall–Kier alpha value is -1.93. The van der Waals surface area contributed by atoms with Crippen LogP contribution in [-0.2, 0) is 30.9 Å². The normalized spacial score (nSPS) is 17.4. The van der Waals surface area contributed by atoms with Gasteiger partial charge in [-0.1, -0.05) is 0 Å². The molecule has 8 heteroatoms. The number of guanidine groups is 1. The van der Waals surface area contributed by atoms with E-state index in [-0.39, 0.29) is 0 Å². The molecular formula is C17H26N6OS. The van der Waals surface area contributed by atoms with Gasteiger partial charge in [0, 0.05) is 31.0 Å². The second-order valence-corrected chi connectivity index (χ2v) is 7.16. The van der Waals surface area contributed by atoms with Crippen molar-refractivity contribution in [3.05, 3.63) is 33.5 Å². The number of rotatable bonds is 6. The Morgan fingerprint density at radius 3 is 3.12 bits per heavy atom. The average Bonchev–Trinajstić information content (AvgIpc) is 3.18. The number of fused-ring (bicyclic) bond motifs is 1. The highest BCUT2D eigenvalue weighted by atomic mass is 32.1. The van der Waals surface area contributed by atoms with Crippen molar-refractivity contribution in [1.82, 2.24) is 25.4 Å². The van der Waals surface area contributed by atoms with Gasteiger partial charge in [0.25, 0.3) is 0 Å². The minimum atomic E-state index is 0.298. The Bertz CT molecular complexity index is 723. The maximum absolute atomic E-state index is 5.12. The van der Waals surface area contributed by atoms with Crippen LogP contribution in [0, 0.1) is 6.92 Å². The van der Waals surface area contributed by atoms with Crippen LogP contribution in [0.15, 0.2) is 16.4 Å². The van der Waals surface area contributed by atoms with Gasteiger partial charge in [-0.05, 0) is 37.3 Å². The summed E-state index contributed by atoms with van der Waals surface area (Å²) in [6.07, 6.45) is 1.94. The minimum absolute atomic E-state index is 0.298. The molecule has 0 bridgehead atoms. The first kappa shape index (κ1) is 17.9. The number of aryl methyl sites for hydroxylation is 2. The van der Waals surface area contributed by atoms with Crippen LogP contribution >= 0.6 is 11.3 Å². The van der Waals surface area contributed by atoms with Crippen LogP contribution in [0.2, 0.25) is 0 Å². The van der Waals surface area contributed by atoms with E-state index in [1.165, 1.54) is 10.4 Å². The number of ether oxygens (including phenoxy) is 1. The van der Waals surface area contributed by atoms with Crippen LogP contribution in [0.3, 0.4) is 0 Å². The highest BCUT2D eigenvalue weighted by Crippen LogP contribution is 2.17. The lowest BCUT2D eigenvalue weighted by Crippen LogP contribution is -2.47. The summed E-state index contributed by atoms with van der Waals surface area (Å²) in [5, 5.41) is 13.5. The van der Waals surface area contributed by atoms with Gasteiger partial charge in [0.05, 0.1) is 13.1 Å². The summed E-state index contributed by atoms with van der Waals surface area (Å²) in [6, 6.07) is 2.44. The molecule has 1 unspecified atom stereocenters. The lowest BCUT2D eigenvalue weighted by molar-refractivity contribution is 0.177.